The lowest BCUT2D eigenvalue weighted by atomic mass is 10.2. The number of nitrogens with zero attached hydrogens (tertiary/aromatic N) is 1. The number of rotatable bonds is 5. The molecule has 1 N–H and O–H groups in total. The van der Waals surface area contributed by atoms with Crippen molar-refractivity contribution in [3.8, 4) is 0 Å². The molecule has 0 amide bonds. The summed E-state index contributed by atoms with van der Waals surface area (Å²) in [5.41, 5.74) is 2.31. The summed E-state index contributed by atoms with van der Waals surface area (Å²) in [4.78, 5) is 5.95. The molecule has 1 heterocycles. The second-order valence-corrected chi connectivity index (χ2v) is 4.53. The Labute approximate surface area is 90.1 Å². The van der Waals surface area contributed by atoms with E-state index in [4.69, 9.17) is 0 Å². The fourth-order valence-electron chi connectivity index (χ4n) is 1.30. The maximum absolute atomic E-state index is 4.60. The van der Waals surface area contributed by atoms with Crippen LogP contribution < -0.4 is 5.32 Å². The normalized spacial score (nSPS) is 10.5. The van der Waals surface area contributed by atoms with E-state index < -0.39 is 0 Å². The van der Waals surface area contributed by atoms with Crippen molar-refractivity contribution in [2.75, 3.05) is 7.05 Å². The first-order chi connectivity index (χ1) is 6.69. The summed E-state index contributed by atoms with van der Waals surface area (Å²) in [7, 11) is 1.97. The first-order valence-electron chi connectivity index (χ1n) is 4.98. The Bertz CT molecular complexity index is 292. The van der Waals surface area contributed by atoms with E-state index in [1.807, 2.05) is 14.0 Å². The highest BCUT2D eigenvalue weighted by atomic mass is 32.1. The van der Waals surface area contributed by atoms with Crippen molar-refractivity contribution in [1.29, 1.82) is 0 Å². The highest BCUT2D eigenvalue weighted by molar-refractivity contribution is 7.12. The van der Waals surface area contributed by atoms with Crippen molar-refractivity contribution in [3.63, 3.8) is 0 Å². The van der Waals surface area contributed by atoms with Gasteiger partial charge >= 0.3 is 0 Å². The molecule has 0 aliphatic heterocycles. The molecule has 1 rings (SSSR count). The molecule has 0 spiro atoms. The fourth-order valence-corrected chi connectivity index (χ4v) is 2.34. The third-order valence-electron chi connectivity index (χ3n) is 1.97. The quantitative estimate of drug-likeness (QED) is 0.808. The number of thiazole rings is 1. The SMILES string of the molecule is C=C(C)c1nc(CCC)c(CNC)s1. The molecule has 0 bridgehead atoms. The van der Waals surface area contributed by atoms with Gasteiger partial charge in [-0.3, -0.25) is 0 Å². The molecule has 0 radical (unpaired) electrons. The van der Waals surface area contributed by atoms with Gasteiger partial charge in [0.1, 0.15) is 5.01 Å². The van der Waals surface area contributed by atoms with E-state index in [0.29, 0.717) is 0 Å². The minimum atomic E-state index is 0.917. The van der Waals surface area contributed by atoms with E-state index in [-0.39, 0.29) is 0 Å². The fraction of sp³-hybridized carbons (Fsp3) is 0.545. The molecule has 0 fully saturated rings. The summed E-state index contributed by atoms with van der Waals surface area (Å²) in [6, 6.07) is 0. The van der Waals surface area contributed by atoms with Gasteiger partial charge in [0.25, 0.3) is 0 Å². The summed E-state index contributed by atoms with van der Waals surface area (Å²) in [5, 5.41) is 4.26. The molecule has 1 aromatic heterocycles. The van der Waals surface area contributed by atoms with Gasteiger partial charge in [0.05, 0.1) is 5.69 Å². The molecule has 78 valence electrons. The van der Waals surface area contributed by atoms with Crippen molar-refractivity contribution in [2.45, 2.75) is 33.2 Å². The van der Waals surface area contributed by atoms with Crippen molar-refractivity contribution >= 4 is 16.9 Å². The van der Waals surface area contributed by atoms with Crippen LogP contribution in [0.2, 0.25) is 0 Å². The molecular formula is C11H18N2S. The number of aromatic nitrogens is 1. The van der Waals surface area contributed by atoms with Crippen LogP contribution >= 0.6 is 11.3 Å². The van der Waals surface area contributed by atoms with E-state index in [1.165, 1.54) is 10.6 Å². The van der Waals surface area contributed by atoms with Crippen molar-refractivity contribution in [3.05, 3.63) is 22.2 Å². The standard InChI is InChI=1S/C11H18N2S/c1-5-6-9-10(7-12-4)14-11(13-9)8(2)3/h12H,2,5-7H2,1,3-4H3. The van der Waals surface area contributed by atoms with Crippen LogP contribution in [0.1, 0.15) is 35.8 Å². The summed E-state index contributed by atoms with van der Waals surface area (Å²) in [6.45, 7) is 9.04. The molecular weight excluding hydrogens is 192 g/mol. The predicted molar refractivity (Wildman–Crippen MR) is 63.6 cm³/mol. The Kier molecular flexibility index (Phi) is 4.29. The summed E-state index contributed by atoms with van der Waals surface area (Å²) >= 11 is 1.76. The lowest BCUT2D eigenvalue weighted by molar-refractivity contribution is 0.798. The molecule has 0 aliphatic rings. The maximum Gasteiger partial charge on any atom is 0.118 e. The molecule has 2 nitrogen and oxygen atoms in total. The number of allylic oxidation sites excluding steroid dienone is 1. The molecule has 0 aliphatic carbocycles. The second kappa shape index (κ2) is 5.27. The van der Waals surface area contributed by atoms with Crippen LogP contribution in [0.15, 0.2) is 6.58 Å². The number of hydrogen-bond acceptors (Lipinski definition) is 3. The molecule has 0 saturated heterocycles. The van der Waals surface area contributed by atoms with Crippen LogP contribution in [0.4, 0.5) is 0 Å². The van der Waals surface area contributed by atoms with Crippen LogP contribution in [0.25, 0.3) is 5.57 Å². The molecule has 0 atom stereocenters. The van der Waals surface area contributed by atoms with Gasteiger partial charge in [-0.05, 0) is 26.0 Å². The van der Waals surface area contributed by atoms with Crippen LogP contribution in [0, 0.1) is 0 Å². The Balaban J connectivity index is 2.93. The van der Waals surface area contributed by atoms with Gasteiger partial charge in [-0.2, -0.15) is 0 Å². The molecule has 0 unspecified atom stereocenters. The Morgan fingerprint density at radius 2 is 2.29 bits per heavy atom. The smallest absolute Gasteiger partial charge is 0.118 e. The maximum atomic E-state index is 4.60. The van der Waals surface area contributed by atoms with E-state index in [2.05, 4.69) is 23.8 Å². The van der Waals surface area contributed by atoms with E-state index in [9.17, 15) is 0 Å². The number of nitrogens with one attached hydrogen (secondary N) is 1. The van der Waals surface area contributed by atoms with Crippen molar-refractivity contribution in [2.24, 2.45) is 0 Å². The third-order valence-corrected chi connectivity index (χ3v) is 3.23. The lowest BCUT2D eigenvalue weighted by Gasteiger charge is -1.98. The molecule has 1 aromatic rings. The van der Waals surface area contributed by atoms with Gasteiger partial charge < -0.3 is 5.32 Å². The Morgan fingerprint density at radius 3 is 2.79 bits per heavy atom. The minimum absolute atomic E-state index is 0.917. The van der Waals surface area contributed by atoms with E-state index in [1.54, 1.807) is 11.3 Å². The summed E-state index contributed by atoms with van der Waals surface area (Å²) in [6.07, 6.45) is 2.22. The first kappa shape index (κ1) is 11.4. The Hall–Kier alpha value is -0.670. The van der Waals surface area contributed by atoms with Gasteiger partial charge in [-0.1, -0.05) is 19.9 Å². The zero-order chi connectivity index (χ0) is 10.6. The summed E-state index contributed by atoms with van der Waals surface area (Å²) in [5.74, 6) is 0. The molecule has 14 heavy (non-hydrogen) atoms. The monoisotopic (exact) mass is 210 g/mol. The van der Waals surface area contributed by atoms with Gasteiger partial charge in [0.15, 0.2) is 0 Å². The topological polar surface area (TPSA) is 24.9 Å². The zero-order valence-corrected chi connectivity index (χ0v) is 10.0. The molecule has 3 heteroatoms. The highest BCUT2D eigenvalue weighted by Gasteiger charge is 2.09. The number of hydrogen-bond donors (Lipinski definition) is 1. The molecule has 0 saturated carbocycles. The summed E-state index contributed by atoms with van der Waals surface area (Å²) < 4.78 is 0. The van der Waals surface area contributed by atoms with Crippen LogP contribution in [-0.4, -0.2) is 12.0 Å². The average molecular weight is 210 g/mol. The van der Waals surface area contributed by atoms with Crippen LogP contribution in [0.3, 0.4) is 0 Å². The van der Waals surface area contributed by atoms with Gasteiger partial charge in [-0.25, -0.2) is 4.98 Å². The predicted octanol–water partition coefficient (Wildman–Crippen LogP) is 2.85. The van der Waals surface area contributed by atoms with E-state index in [0.717, 1.165) is 30.0 Å². The van der Waals surface area contributed by atoms with E-state index >= 15 is 0 Å². The highest BCUT2D eigenvalue weighted by Crippen LogP contribution is 2.24. The minimum Gasteiger partial charge on any atom is -0.315 e. The number of aryl methyl sites for hydroxylation is 1. The van der Waals surface area contributed by atoms with Crippen LogP contribution in [0.5, 0.6) is 0 Å². The first-order valence-corrected chi connectivity index (χ1v) is 5.79. The Morgan fingerprint density at radius 1 is 1.57 bits per heavy atom. The lowest BCUT2D eigenvalue weighted by Crippen LogP contribution is -2.05. The molecule has 0 aromatic carbocycles. The van der Waals surface area contributed by atoms with Gasteiger partial charge in [0.2, 0.25) is 0 Å². The van der Waals surface area contributed by atoms with Crippen molar-refractivity contribution < 1.29 is 0 Å². The second-order valence-electron chi connectivity index (χ2n) is 3.45. The van der Waals surface area contributed by atoms with Crippen LogP contribution in [-0.2, 0) is 13.0 Å². The van der Waals surface area contributed by atoms with Gasteiger partial charge in [-0.15, -0.1) is 11.3 Å². The van der Waals surface area contributed by atoms with Crippen molar-refractivity contribution in [1.82, 2.24) is 10.3 Å². The zero-order valence-electron chi connectivity index (χ0n) is 9.18. The van der Waals surface area contributed by atoms with Gasteiger partial charge in [0, 0.05) is 11.4 Å². The third kappa shape index (κ3) is 2.66. The largest absolute Gasteiger partial charge is 0.315 e. The average Bonchev–Trinajstić information content (AvgIpc) is 2.50.